The van der Waals surface area contributed by atoms with E-state index < -0.39 is 0 Å². The van der Waals surface area contributed by atoms with E-state index in [0.29, 0.717) is 24.3 Å². The second-order valence-corrected chi connectivity index (χ2v) is 7.05. The quantitative estimate of drug-likeness (QED) is 0.399. The fourth-order valence-corrected chi connectivity index (χ4v) is 3.20. The van der Waals surface area contributed by atoms with Crippen molar-refractivity contribution in [2.45, 2.75) is 6.42 Å². The highest BCUT2D eigenvalue weighted by Crippen LogP contribution is 2.20. The van der Waals surface area contributed by atoms with Crippen LogP contribution in [0.5, 0.6) is 0 Å². The first-order valence-corrected chi connectivity index (χ1v) is 10.0. The van der Waals surface area contributed by atoms with Gasteiger partial charge < -0.3 is 15.6 Å². The molecule has 2 heterocycles. The van der Waals surface area contributed by atoms with Crippen molar-refractivity contribution in [1.82, 2.24) is 15.3 Å². The Balaban J connectivity index is 1.36. The standard InChI is InChI=1S/C25H22N4O2/c30-24(12-9-18-6-2-1-3-7-18)28-21-10-11-22-19(16-21)17-23(29-22)25(31)27-15-13-20-8-4-5-14-26-20/h1-12,14,16-17,29H,13,15H2,(H,27,31)(H,28,30)/b12-9+. The van der Waals surface area contributed by atoms with Gasteiger partial charge in [-0.3, -0.25) is 14.6 Å². The van der Waals surface area contributed by atoms with E-state index >= 15 is 0 Å². The molecular formula is C25H22N4O2. The van der Waals surface area contributed by atoms with Gasteiger partial charge in [0.05, 0.1) is 0 Å². The average molecular weight is 410 g/mol. The van der Waals surface area contributed by atoms with Crippen LogP contribution >= 0.6 is 0 Å². The van der Waals surface area contributed by atoms with Crippen molar-refractivity contribution >= 4 is 34.5 Å². The maximum Gasteiger partial charge on any atom is 0.267 e. The van der Waals surface area contributed by atoms with Crippen LogP contribution in [-0.2, 0) is 11.2 Å². The van der Waals surface area contributed by atoms with Crippen LogP contribution < -0.4 is 10.6 Å². The molecule has 0 fully saturated rings. The van der Waals surface area contributed by atoms with E-state index in [2.05, 4.69) is 20.6 Å². The molecule has 0 aliphatic rings. The van der Waals surface area contributed by atoms with Gasteiger partial charge in [0.15, 0.2) is 0 Å². The lowest BCUT2D eigenvalue weighted by Gasteiger charge is -2.03. The molecule has 0 saturated heterocycles. The molecule has 0 aliphatic heterocycles. The average Bonchev–Trinajstić information content (AvgIpc) is 3.23. The van der Waals surface area contributed by atoms with Crippen LogP contribution in [0.1, 0.15) is 21.7 Å². The molecule has 0 saturated carbocycles. The zero-order valence-electron chi connectivity index (χ0n) is 16.8. The van der Waals surface area contributed by atoms with Gasteiger partial charge in [-0.05, 0) is 48.0 Å². The fourth-order valence-electron chi connectivity index (χ4n) is 3.20. The van der Waals surface area contributed by atoms with Crippen LogP contribution in [0.3, 0.4) is 0 Å². The molecule has 0 spiro atoms. The Hall–Kier alpha value is -4.19. The number of amides is 2. The van der Waals surface area contributed by atoms with Gasteiger partial charge in [-0.2, -0.15) is 0 Å². The van der Waals surface area contributed by atoms with E-state index in [4.69, 9.17) is 0 Å². The first-order valence-electron chi connectivity index (χ1n) is 10.0. The number of anilines is 1. The molecule has 2 amide bonds. The summed E-state index contributed by atoms with van der Waals surface area (Å²) in [6, 6.07) is 22.6. The molecule has 4 rings (SSSR count). The summed E-state index contributed by atoms with van der Waals surface area (Å²) in [7, 11) is 0. The number of aromatic amines is 1. The van der Waals surface area contributed by atoms with E-state index in [1.165, 1.54) is 6.08 Å². The van der Waals surface area contributed by atoms with Crippen LogP contribution in [0.4, 0.5) is 5.69 Å². The van der Waals surface area contributed by atoms with Gasteiger partial charge >= 0.3 is 0 Å². The van der Waals surface area contributed by atoms with E-state index in [1.807, 2.05) is 60.7 Å². The fraction of sp³-hybridized carbons (Fsp3) is 0.0800. The Bertz CT molecular complexity index is 1210. The Labute approximate surface area is 180 Å². The molecule has 0 unspecified atom stereocenters. The number of aromatic nitrogens is 2. The van der Waals surface area contributed by atoms with Crippen molar-refractivity contribution in [3.05, 3.63) is 102 Å². The van der Waals surface area contributed by atoms with Gasteiger partial charge in [0.25, 0.3) is 5.91 Å². The number of H-pyrrole nitrogens is 1. The maximum atomic E-state index is 12.4. The molecule has 0 atom stereocenters. The molecule has 2 aromatic carbocycles. The lowest BCUT2D eigenvalue weighted by Crippen LogP contribution is -2.26. The largest absolute Gasteiger partial charge is 0.351 e. The number of carbonyl (C=O) groups is 2. The Kier molecular flexibility index (Phi) is 6.18. The van der Waals surface area contributed by atoms with Gasteiger partial charge in [0.1, 0.15) is 5.69 Å². The van der Waals surface area contributed by atoms with Gasteiger partial charge in [-0.25, -0.2) is 0 Å². The summed E-state index contributed by atoms with van der Waals surface area (Å²) in [6.07, 6.45) is 5.66. The number of hydrogen-bond acceptors (Lipinski definition) is 3. The zero-order valence-corrected chi connectivity index (χ0v) is 16.8. The van der Waals surface area contributed by atoms with Crippen molar-refractivity contribution in [2.75, 3.05) is 11.9 Å². The van der Waals surface area contributed by atoms with Gasteiger partial charge in [-0.1, -0.05) is 36.4 Å². The van der Waals surface area contributed by atoms with E-state index in [-0.39, 0.29) is 11.8 Å². The molecular weight excluding hydrogens is 388 g/mol. The number of hydrogen-bond donors (Lipinski definition) is 3. The van der Waals surface area contributed by atoms with E-state index in [9.17, 15) is 9.59 Å². The molecule has 3 N–H and O–H groups in total. The highest BCUT2D eigenvalue weighted by atomic mass is 16.2. The van der Waals surface area contributed by atoms with Crippen LogP contribution in [0.25, 0.3) is 17.0 Å². The molecule has 0 bridgehead atoms. The van der Waals surface area contributed by atoms with Gasteiger partial charge in [0.2, 0.25) is 5.91 Å². The number of fused-ring (bicyclic) bond motifs is 1. The third-order valence-corrected chi connectivity index (χ3v) is 4.75. The molecule has 6 heteroatoms. The van der Waals surface area contributed by atoms with Crippen molar-refractivity contribution in [1.29, 1.82) is 0 Å². The lowest BCUT2D eigenvalue weighted by molar-refractivity contribution is -0.111. The van der Waals surface area contributed by atoms with Crippen molar-refractivity contribution in [3.8, 4) is 0 Å². The Morgan fingerprint density at radius 2 is 1.81 bits per heavy atom. The normalized spacial score (nSPS) is 11.0. The molecule has 31 heavy (non-hydrogen) atoms. The lowest BCUT2D eigenvalue weighted by atomic mass is 10.2. The minimum absolute atomic E-state index is 0.177. The van der Waals surface area contributed by atoms with Crippen LogP contribution in [0, 0.1) is 0 Å². The summed E-state index contributed by atoms with van der Waals surface area (Å²) in [5.41, 5.74) is 3.85. The molecule has 4 aromatic rings. The Morgan fingerprint density at radius 1 is 0.968 bits per heavy atom. The summed E-state index contributed by atoms with van der Waals surface area (Å²) in [5, 5.41) is 6.59. The first kappa shape index (κ1) is 20.1. The smallest absolute Gasteiger partial charge is 0.267 e. The van der Waals surface area contributed by atoms with Gasteiger partial charge in [0, 0.05) is 47.5 Å². The number of rotatable bonds is 7. The third kappa shape index (κ3) is 5.45. The SMILES string of the molecule is O=C(/C=C/c1ccccc1)Nc1ccc2[nH]c(C(=O)NCCc3ccccn3)cc2c1. The summed E-state index contributed by atoms with van der Waals surface area (Å²) >= 11 is 0. The number of nitrogens with one attached hydrogen (secondary N) is 3. The summed E-state index contributed by atoms with van der Waals surface area (Å²) in [5.74, 6) is -0.394. The van der Waals surface area contributed by atoms with E-state index in [1.54, 1.807) is 24.4 Å². The van der Waals surface area contributed by atoms with Crippen molar-refractivity contribution in [2.24, 2.45) is 0 Å². The minimum atomic E-state index is -0.216. The summed E-state index contributed by atoms with van der Waals surface area (Å²) in [6.45, 7) is 0.500. The number of nitrogens with zero attached hydrogens (tertiary/aromatic N) is 1. The van der Waals surface area contributed by atoms with E-state index in [0.717, 1.165) is 22.2 Å². The highest BCUT2D eigenvalue weighted by Gasteiger charge is 2.10. The van der Waals surface area contributed by atoms with Crippen LogP contribution in [-0.4, -0.2) is 28.3 Å². The predicted molar refractivity (Wildman–Crippen MR) is 123 cm³/mol. The third-order valence-electron chi connectivity index (χ3n) is 4.75. The topological polar surface area (TPSA) is 86.9 Å². The monoisotopic (exact) mass is 410 g/mol. The van der Waals surface area contributed by atoms with Crippen LogP contribution in [0.2, 0.25) is 0 Å². The zero-order chi connectivity index (χ0) is 21.5. The molecule has 0 aliphatic carbocycles. The number of benzene rings is 2. The second kappa shape index (κ2) is 9.54. The number of pyridine rings is 1. The summed E-state index contributed by atoms with van der Waals surface area (Å²) < 4.78 is 0. The minimum Gasteiger partial charge on any atom is -0.351 e. The second-order valence-electron chi connectivity index (χ2n) is 7.05. The summed E-state index contributed by atoms with van der Waals surface area (Å²) in [4.78, 5) is 32.0. The first-order chi connectivity index (χ1) is 15.2. The predicted octanol–water partition coefficient (Wildman–Crippen LogP) is 4.19. The Morgan fingerprint density at radius 3 is 2.61 bits per heavy atom. The highest BCUT2D eigenvalue weighted by molar-refractivity contribution is 6.04. The maximum absolute atomic E-state index is 12.4. The molecule has 0 radical (unpaired) electrons. The van der Waals surface area contributed by atoms with Crippen LogP contribution in [0.15, 0.2) is 85.1 Å². The number of carbonyl (C=O) groups excluding carboxylic acids is 2. The molecule has 6 nitrogen and oxygen atoms in total. The molecule has 154 valence electrons. The van der Waals surface area contributed by atoms with Gasteiger partial charge in [-0.15, -0.1) is 0 Å². The van der Waals surface area contributed by atoms with Crippen molar-refractivity contribution in [3.63, 3.8) is 0 Å². The van der Waals surface area contributed by atoms with Crippen molar-refractivity contribution < 1.29 is 9.59 Å². The molecule has 2 aromatic heterocycles.